The maximum atomic E-state index is 12.9. The van der Waals surface area contributed by atoms with Gasteiger partial charge in [-0.05, 0) is 56.4 Å². The van der Waals surface area contributed by atoms with Crippen molar-refractivity contribution in [2.75, 3.05) is 26.7 Å². The first-order valence-electron chi connectivity index (χ1n) is 10.6. The first-order chi connectivity index (χ1) is 14.6. The lowest BCUT2D eigenvalue weighted by molar-refractivity contribution is -0.123. The molecule has 6 nitrogen and oxygen atoms in total. The second-order valence-electron chi connectivity index (χ2n) is 7.88. The summed E-state index contributed by atoms with van der Waals surface area (Å²) in [6.45, 7) is 2.99. The van der Waals surface area contributed by atoms with Gasteiger partial charge in [0.2, 0.25) is 5.91 Å². The molecule has 0 aliphatic carbocycles. The Balaban J connectivity index is 1.52. The van der Waals surface area contributed by atoms with Gasteiger partial charge in [0.15, 0.2) is 0 Å². The zero-order valence-electron chi connectivity index (χ0n) is 17.5. The van der Waals surface area contributed by atoms with Crippen LogP contribution in [0.5, 0.6) is 0 Å². The van der Waals surface area contributed by atoms with Gasteiger partial charge in [-0.3, -0.25) is 4.79 Å². The summed E-state index contributed by atoms with van der Waals surface area (Å²) in [6, 6.07) is 17.9. The number of hydrogen-bond donors (Lipinski definition) is 2. The summed E-state index contributed by atoms with van der Waals surface area (Å²) in [4.78, 5) is 27.5. The third-order valence-electron chi connectivity index (χ3n) is 5.56. The summed E-state index contributed by atoms with van der Waals surface area (Å²) in [5, 5.41) is 5.71. The topological polar surface area (TPSA) is 70.7 Å². The highest BCUT2D eigenvalue weighted by Crippen LogP contribution is 2.19. The molecular weight excluding hydrogens is 378 g/mol. The molecule has 160 valence electrons. The fourth-order valence-corrected chi connectivity index (χ4v) is 3.68. The summed E-state index contributed by atoms with van der Waals surface area (Å²) >= 11 is 0. The Morgan fingerprint density at radius 1 is 1.03 bits per heavy atom. The zero-order valence-corrected chi connectivity index (χ0v) is 17.5. The average Bonchev–Trinajstić information content (AvgIpc) is 2.78. The quantitative estimate of drug-likeness (QED) is 0.700. The number of nitrogens with zero attached hydrogens (tertiary/aromatic N) is 1. The molecule has 0 radical (unpaired) electrons. The Morgan fingerprint density at radius 2 is 1.67 bits per heavy atom. The van der Waals surface area contributed by atoms with Crippen LogP contribution in [0.15, 0.2) is 60.7 Å². The molecule has 30 heavy (non-hydrogen) atoms. The zero-order chi connectivity index (χ0) is 21.2. The Hall–Kier alpha value is -2.86. The summed E-state index contributed by atoms with van der Waals surface area (Å²) < 4.78 is 5.31. The molecule has 6 heteroatoms. The number of amides is 2. The number of benzene rings is 2. The van der Waals surface area contributed by atoms with Crippen LogP contribution >= 0.6 is 0 Å². The van der Waals surface area contributed by atoms with Crippen LogP contribution in [-0.2, 0) is 16.1 Å². The number of hydrogen-bond acceptors (Lipinski definition) is 4. The van der Waals surface area contributed by atoms with E-state index in [1.807, 2.05) is 60.7 Å². The number of piperidine rings is 1. The minimum absolute atomic E-state index is 0.159. The highest BCUT2D eigenvalue weighted by molar-refractivity contribution is 5.86. The van der Waals surface area contributed by atoms with Crippen molar-refractivity contribution in [3.05, 3.63) is 71.8 Å². The number of carbonyl (C=O) groups excluding carboxylic acids is 2. The van der Waals surface area contributed by atoms with E-state index in [4.69, 9.17) is 4.74 Å². The highest BCUT2D eigenvalue weighted by Gasteiger charge is 2.24. The smallest absolute Gasteiger partial charge is 0.408 e. The predicted octanol–water partition coefficient (Wildman–Crippen LogP) is 3.50. The number of likely N-dealkylation sites (tertiary alicyclic amines) is 1. The summed E-state index contributed by atoms with van der Waals surface area (Å²) in [5.41, 5.74) is 1.62. The molecule has 0 saturated carbocycles. The first kappa shape index (κ1) is 21.8. The average molecular weight is 410 g/mol. The summed E-state index contributed by atoms with van der Waals surface area (Å²) in [5.74, 6) is 0.422. The number of carbonyl (C=O) groups is 2. The fraction of sp³-hybridized carbons (Fsp3) is 0.417. The number of alkyl carbamates (subject to hydrolysis) is 1. The lowest BCUT2D eigenvalue weighted by Crippen LogP contribution is -2.41. The van der Waals surface area contributed by atoms with E-state index in [9.17, 15) is 9.59 Å². The van der Waals surface area contributed by atoms with Gasteiger partial charge in [-0.1, -0.05) is 60.7 Å². The Morgan fingerprint density at radius 3 is 2.33 bits per heavy atom. The third kappa shape index (κ3) is 6.88. The fourth-order valence-electron chi connectivity index (χ4n) is 3.68. The van der Waals surface area contributed by atoms with Crippen LogP contribution in [0.25, 0.3) is 0 Å². The van der Waals surface area contributed by atoms with Crippen molar-refractivity contribution in [3.8, 4) is 0 Å². The van der Waals surface area contributed by atoms with Crippen LogP contribution in [-0.4, -0.2) is 43.6 Å². The molecule has 0 aromatic heterocycles. The van der Waals surface area contributed by atoms with Crippen molar-refractivity contribution in [3.63, 3.8) is 0 Å². The molecule has 0 spiro atoms. The maximum absolute atomic E-state index is 12.9. The molecule has 1 aliphatic heterocycles. The van der Waals surface area contributed by atoms with Gasteiger partial charge in [0.25, 0.3) is 0 Å². The van der Waals surface area contributed by atoms with Crippen LogP contribution in [0.1, 0.15) is 36.4 Å². The van der Waals surface area contributed by atoms with Crippen molar-refractivity contribution in [1.29, 1.82) is 0 Å². The minimum Gasteiger partial charge on any atom is -0.445 e. The largest absolute Gasteiger partial charge is 0.445 e. The van der Waals surface area contributed by atoms with Crippen LogP contribution in [0.2, 0.25) is 0 Å². The molecule has 3 rings (SSSR count). The van der Waals surface area contributed by atoms with Gasteiger partial charge >= 0.3 is 6.09 Å². The van der Waals surface area contributed by atoms with Crippen molar-refractivity contribution in [2.45, 2.75) is 31.9 Å². The van der Waals surface area contributed by atoms with E-state index in [-0.39, 0.29) is 12.5 Å². The van der Waals surface area contributed by atoms with E-state index in [1.54, 1.807) is 0 Å². The number of ether oxygens (including phenoxy) is 1. The predicted molar refractivity (Wildman–Crippen MR) is 117 cm³/mol. The molecule has 2 aromatic rings. The van der Waals surface area contributed by atoms with Crippen molar-refractivity contribution >= 4 is 12.0 Å². The van der Waals surface area contributed by atoms with E-state index >= 15 is 0 Å². The standard InChI is InChI=1S/C24H31N3O3/c1-27-16-13-19(14-17-27)12-15-25-23(28)22(21-10-6-3-7-11-21)26-24(29)30-18-20-8-4-2-5-9-20/h2-11,19,22H,12-18H2,1H3,(H,25,28)(H,26,29)/t22-/m1/s1. The van der Waals surface area contributed by atoms with Gasteiger partial charge in [0.1, 0.15) is 12.6 Å². The van der Waals surface area contributed by atoms with E-state index < -0.39 is 12.1 Å². The summed E-state index contributed by atoms with van der Waals surface area (Å²) in [7, 11) is 2.14. The Bertz CT molecular complexity index is 790. The van der Waals surface area contributed by atoms with Gasteiger partial charge in [0, 0.05) is 6.54 Å². The second-order valence-corrected chi connectivity index (χ2v) is 7.88. The Labute approximate surface area is 178 Å². The number of rotatable bonds is 8. The molecule has 1 aliphatic rings. The Kier molecular flexibility index (Phi) is 8.27. The first-order valence-corrected chi connectivity index (χ1v) is 10.6. The lowest BCUT2D eigenvalue weighted by atomic mass is 9.94. The SMILES string of the molecule is CN1CCC(CCNC(=O)[C@H](NC(=O)OCc2ccccc2)c2ccccc2)CC1. The van der Waals surface area contributed by atoms with Crippen molar-refractivity contribution in [1.82, 2.24) is 15.5 Å². The molecular formula is C24H31N3O3. The van der Waals surface area contributed by atoms with Gasteiger partial charge in [-0.2, -0.15) is 0 Å². The van der Waals surface area contributed by atoms with Gasteiger partial charge < -0.3 is 20.3 Å². The summed E-state index contributed by atoms with van der Waals surface area (Å²) in [6.07, 6.45) is 2.68. The van der Waals surface area contributed by atoms with Crippen LogP contribution < -0.4 is 10.6 Å². The van der Waals surface area contributed by atoms with E-state index in [0.717, 1.165) is 30.6 Å². The van der Waals surface area contributed by atoms with E-state index in [2.05, 4.69) is 22.6 Å². The van der Waals surface area contributed by atoms with Gasteiger partial charge in [0.05, 0.1) is 0 Å². The van der Waals surface area contributed by atoms with E-state index in [0.29, 0.717) is 12.5 Å². The van der Waals surface area contributed by atoms with Gasteiger partial charge in [-0.15, -0.1) is 0 Å². The molecule has 1 heterocycles. The molecule has 2 amide bonds. The van der Waals surface area contributed by atoms with E-state index in [1.165, 1.54) is 12.8 Å². The monoisotopic (exact) mass is 409 g/mol. The minimum atomic E-state index is -0.785. The van der Waals surface area contributed by atoms with Crippen molar-refractivity contribution < 1.29 is 14.3 Å². The van der Waals surface area contributed by atoms with Crippen LogP contribution in [0, 0.1) is 5.92 Å². The molecule has 2 aromatic carbocycles. The third-order valence-corrected chi connectivity index (χ3v) is 5.56. The van der Waals surface area contributed by atoms with Crippen LogP contribution in [0.4, 0.5) is 4.79 Å². The lowest BCUT2D eigenvalue weighted by Gasteiger charge is -2.29. The molecule has 2 N–H and O–H groups in total. The molecule has 1 fully saturated rings. The van der Waals surface area contributed by atoms with Gasteiger partial charge in [-0.25, -0.2) is 4.79 Å². The molecule has 0 unspecified atom stereocenters. The normalized spacial score (nSPS) is 15.9. The molecule has 0 bridgehead atoms. The number of nitrogens with one attached hydrogen (secondary N) is 2. The molecule has 1 saturated heterocycles. The molecule has 1 atom stereocenters. The maximum Gasteiger partial charge on any atom is 0.408 e. The second kappa shape index (κ2) is 11.4. The van der Waals surface area contributed by atoms with Crippen molar-refractivity contribution in [2.24, 2.45) is 5.92 Å². The highest BCUT2D eigenvalue weighted by atomic mass is 16.5. The van der Waals surface area contributed by atoms with Crippen LogP contribution in [0.3, 0.4) is 0 Å².